The molecule has 0 aromatic heterocycles. The number of anilines is 2. The highest BCUT2D eigenvalue weighted by Gasteiger charge is 2.04. The minimum Gasteiger partial charge on any atom is -0.497 e. The maximum absolute atomic E-state index is 13.6. The van der Waals surface area contributed by atoms with Crippen LogP contribution < -0.4 is 15.8 Å². The summed E-state index contributed by atoms with van der Waals surface area (Å²) in [5.74, 6) is 0.239. The quantitative estimate of drug-likeness (QED) is 0.842. The molecule has 0 unspecified atom stereocenters. The molecule has 0 saturated carbocycles. The molecule has 0 heterocycles. The van der Waals surface area contributed by atoms with E-state index in [0.717, 1.165) is 11.3 Å². The SMILES string of the molecule is COc1ccc(F)c(Nc2ccc(C(N)=S)cc2)c1. The van der Waals surface area contributed by atoms with Crippen LogP contribution in [-0.4, -0.2) is 12.1 Å². The Morgan fingerprint density at radius 2 is 1.89 bits per heavy atom. The summed E-state index contributed by atoms with van der Waals surface area (Å²) in [6.07, 6.45) is 0. The first kappa shape index (κ1) is 13.3. The molecule has 0 radical (unpaired) electrons. The summed E-state index contributed by atoms with van der Waals surface area (Å²) in [5.41, 5.74) is 7.38. The van der Waals surface area contributed by atoms with Crippen LogP contribution in [0, 0.1) is 5.82 Å². The van der Waals surface area contributed by atoms with E-state index in [4.69, 9.17) is 22.7 Å². The maximum Gasteiger partial charge on any atom is 0.146 e. The smallest absolute Gasteiger partial charge is 0.146 e. The van der Waals surface area contributed by atoms with Crippen molar-refractivity contribution in [3.63, 3.8) is 0 Å². The van der Waals surface area contributed by atoms with Gasteiger partial charge >= 0.3 is 0 Å². The first-order valence-electron chi connectivity index (χ1n) is 5.60. The van der Waals surface area contributed by atoms with Crippen molar-refractivity contribution in [2.75, 3.05) is 12.4 Å². The lowest BCUT2D eigenvalue weighted by Crippen LogP contribution is -2.08. The molecule has 2 rings (SSSR count). The van der Waals surface area contributed by atoms with E-state index >= 15 is 0 Å². The number of halogens is 1. The van der Waals surface area contributed by atoms with E-state index in [9.17, 15) is 4.39 Å². The van der Waals surface area contributed by atoms with Crippen LogP contribution in [0.15, 0.2) is 42.5 Å². The standard InChI is InChI=1S/C14H13FN2OS/c1-18-11-6-7-12(15)13(8-11)17-10-4-2-9(3-5-10)14(16)19/h2-8,17H,1H3,(H2,16,19). The van der Waals surface area contributed by atoms with Crippen molar-refractivity contribution in [2.45, 2.75) is 0 Å². The summed E-state index contributed by atoms with van der Waals surface area (Å²) in [7, 11) is 1.54. The Kier molecular flexibility index (Phi) is 3.97. The number of hydrogen-bond acceptors (Lipinski definition) is 3. The molecule has 0 fully saturated rings. The molecular formula is C14H13FN2OS. The Balaban J connectivity index is 2.23. The molecule has 98 valence electrons. The summed E-state index contributed by atoms with van der Waals surface area (Å²) in [6.45, 7) is 0. The third-order valence-corrected chi connectivity index (χ3v) is 2.86. The largest absolute Gasteiger partial charge is 0.497 e. The topological polar surface area (TPSA) is 47.3 Å². The van der Waals surface area contributed by atoms with E-state index in [1.807, 2.05) is 0 Å². The normalized spacial score (nSPS) is 10.0. The van der Waals surface area contributed by atoms with Crippen molar-refractivity contribution in [1.82, 2.24) is 0 Å². The van der Waals surface area contributed by atoms with Gasteiger partial charge in [0.05, 0.1) is 12.8 Å². The zero-order valence-electron chi connectivity index (χ0n) is 10.3. The highest BCUT2D eigenvalue weighted by atomic mass is 32.1. The van der Waals surface area contributed by atoms with Crippen LogP contribution in [0.5, 0.6) is 5.75 Å². The number of hydrogen-bond donors (Lipinski definition) is 2. The van der Waals surface area contributed by atoms with Crippen molar-refractivity contribution in [1.29, 1.82) is 0 Å². The molecule has 0 aliphatic rings. The first-order valence-corrected chi connectivity index (χ1v) is 6.01. The van der Waals surface area contributed by atoms with Crippen LogP contribution in [0.25, 0.3) is 0 Å². The average molecular weight is 276 g/mol. The molecule has 2 aromatic carbocycles. The summed E-state index contributed by atoms with van der Waals surface area (Å²) in [4.78, 5) is 0.333. The van der Waals surface area contributed by atoms with E-state index in [2.05, 4.69) is 5.32 Å². The summed E-state index contributed by atoms with van der Waals surface area (Å²) in [6, 6.07) is 11.6. The van der Waals surface area contributed by atoms with Gasteiger partial charge in [-0.15, -0.1) is 0 Å². The van der Waals surface area contributed by atoms with Gasteiger partial charge in [0.25, 0.3) is 0 Å². The third-order valence-electron chi connectivity index (χ3n) is 2.62. The second kappa shape index (κ2) is 5.67. The third kappa shape index (κ3) is 3.20. The van der Waals surface area contributed by atoms with Crippen molar-refractivity contribution >= 4 is 28.6 Å². The molecule has 0 aliphatic heterocycles. The van der Waals surface area contributed by atoms with Crippen molar-refractivity contribution in [3.8, 4) is 5.75 Å². The second-order valence-electron chi connectivity index (χ2n) is 3.91. The Labute approximate surface area is 116 Å². The minimum atomic E-state index is -0.348. The zero-order chi connectivity index (χ0) is 13.8. The molecule has 0 spiro atoms. The van der Waals surface area contributed by atoms with Crippen molar-refractivity contribution in [2.24, 2.45) is 5.73 Å². The van der Waals surface area contributed by atoms with Crippen LogP contribution in [0.4, 0.5) is 15.8 Å². The fourth-order valence-electron chi connectivity index (χ4n) is 1.60. The van der Waals surface area contributed by atoms with Gasteiger partial charge in [-0.25, -0.2) is 4.39 Å². The predicted molar refractivity (Wildman–Crippen MR) is 78.6 cm³/mol. The predicted octanol–water partition coefficient (Wildman–Crippen LogP) is 3.21. The van der Waals surface area contributed by atoms with E-state index in [1.54, 1.807) is 36.4 Å². The van der Waals surface area contributed by atoms with Crippen LogP contribution in [-0.2, 0) is 0 Å². The van der Waals surface area contributed by atoms with E-state index < -0.39 is 0 Å². The summed E-state index contributed by atoms with van der Waals surface area (Å²) >= 11 is 4.87. The highest BCUT2D eigenvalue weighted by molar-refractivity contribution is 7.80. The van der Waals surface area contributed by atoms with Gasteiger partial charge in [0.15, 0.2) is 0 Å². The van der Waals surface area contributed by atoms with Crippen molar-refractivity contribution < 1.29 is 9.13 Å². The Morgan fingerprint density at radius 1 is 1.21 bits per heavy atom. The minimum absolute atomic E-state index is 0.333. The number of nitrogens with two attached hydrogens (primary N) is 1. The lowest BCUT2D eigenvalue weighted by molar-refractivity contribution is 0.414. The van der Waals surface area contributed by atoms with Gasteiger partial charge in [0, 0.05) is 17.3 Å². The molecule has 3 nitrogen and oxygen atoms in total. The number of methoxy groups -OCH3 is 1. The lowest BCUT2D eigenvalue weighted by atomic mass is 10.2. The van der Waals surface area contributed by atoms with Gasteiger partial charge in [-0.3, -0.25) is 0 Å². The highest BCUT2D eigenvalue weighted by Crippen LogP contribution is 2.24. The average Bonchev–Trinajstić information content (AvgIpc) is 2.42. The van der Waals surface area contributed by atoms with Gasteiger partial charge in [0.1, 0.15) is 16.6 Å². The molecule has 19 heavy (non-hydrogen) atoms. The van der Waals surface area contributed by atoms with Gasteiger partial charge in [0.2, 0.25) is 0 Å². The molecule has 3 N–H and O–H groups in total. The fraction of sp³-hybridized carbons (Fsp3) is 0.0714. The maximum atomic E-state index is 13.6. The van der Waals surface area contributed by atoms with E-state index in [0.29, 0.717) is 16.4 Å². The Bertz CT molecular complexity index is 599. The summed E-state index contributed by atoms with van der Waals surface area (Å²) < 4.78 is 18.7. The molecule has 2 aromatic rings. The molecular weight excluding hydrogens is 263 g/mol. The fourth-order valence-corrected chi connectivity index (χ4v) is 1.74. The van der Waals surface area contributed by atoms with E-state index in [-0.39, 0.29) is 5.82 Å². The monoisotopic (exact) mass is 276 g/mol. The number of ether oxygens (including phenoxy) is 1. The van der Waals surface area contributed by atoms with Crippen LogP contribution in [0.2, 0.25) is 0 Å². The summed E-state index contributed by atoms with van der Waals surface area (Å²) in [5, 5.41) is 2.97. The van der Waals surface area contributed by atoms with Crippen LogP contribution in [0.1, 0.15) is 5.56 Å². The Hall–Kier alpha value is -2.14. The Morgan fingerprint density at radius 3 is 2.47 bits per heavy atom. The zero-order valence-corrected chi connectivity index (χ0v) is 11.1. The number of rotatable bonds is 4. The van der Waals surface area contributed by atoms with Gasteiger partial charge in [-0.05, 0) is 36.4 Å². The van der Waals surface area contributed by atoms with E-state index in [1.165, 1.54) is 13.2 Å². The second-order valence-corrected chi connectivity index (χ2v) is 4.35. The lowest BCUT2D eigenvalue weighted by Gasteiger charge is -2.10. The van der Waals surface area contributed by atoms with Crippen molar-refractivity contribution in [3.05, 3.63) is 53.8 Å². The number of nitrogens with one attached hydrogen (secondary N) is 1. The van der Waals surface area contributed by atoms with Gasteiger partial charge in [-0.2, -0.15) is 0 Å². The molecule has 5 heteroatoms. The first-order chi connectivity index (χ1) is 9.10. The molecule has 0 aliphatic carbocycles. The molecule has 0 saturated heterocycles. The molecule has 0 atom stereocenters. The number of benzene rings is 2. The van der Waals surface area contributed by atoms with Crippen LogP contribution >= 0.6 is 12.2 Å². The van der Waals surface area contributed by atoms with Gasteiger partial charge < -0.3 is 15.8 Å². The van der Waals surface area contributed by atoms with Crippen LogP contribution in [0.3, 0.4) is 0 Å². The molecule has 0 amide bonds. The van der Waals surface area contributed by atoms with Gasteiger partial charge in [-0.1, -0.05) is 12.2 Å². The molecule has 0 bridgehead atoms. The number of thiocarbonyl (C=S) groups is 1.